The molecule has 0 unspecified atom stereocenters. The van der Waals surface area contributed by atoms with E-state index in [1.165, 1.54) is 0 Å². The second-order valence-corrected chi connectivity index (χ2v) is 7.73. The first-order valence-corrected chi connectivity index (χ1v) is 9.77. The van der Waals surface area contributed by atoms with Crippen LogP contribution in [0, 0.1) is 24.2 Å². The van der Waals surface area contributed by atoms with Crippen molar-refractivity contribution in [2.45, 2.75) is 45.1 Å². The first-order valence-electron chi connectivity index (χ1n) is 8.89. The number of nitriles is 1. The highest BCUT2D eigenvalue weighted by atomic mass is 32.1. The standard InChI is InChI=1S/C18H21N7S/c1-11-10-15(25-24-11)22-17-16-14(7-9-26-16)21-18(23-17)20-13-4-2-12(3-5-13)6-8-19/h7,9-10,12-13H,2-6H2,1H3,(H3,20,21,22,23,24,25). The number of hydrogen-bond acceptors (Lipinski definition) is 7. The molecule has 8 heteroatoms. The molecule has 7 nitrogen and oxygen atoms in total. The Labute approximate surface area is 155 Å². The van der Waals surface area contributed by atoms with E-state index in [4.69, 9.17) is 10.2 Å². The van der Waals surface area contributed by atoms with E-state index in [9.17, 15) is 0 Å². The molecule has 1 saturated carbocycles. The number of aromatic amines is 1. The number of anilines is 3. The van der Waals surface area contributed by atoms with Crippen LogP contribution in [0.4, 0.5) is 17.6 Å². The molecule has 1 aliphatic carbocycles. The van der Waals surface area contributed by atoms with Gasteiger partial charge in [0.25, 0.3) is 0 Å². The predicted molar refractivity (Wildman–Crippen MR) is 104 cm³/mol. The summed E-state index contributed by atoms with van der Waals surface area (Å²) in [6.45, 7) is 1.97. The highest BCUT2D eigenvalue weighted by Gasteiger charge is 2.22. The van der Waals surface area contributed by atoms with Crippen molar-refractivity contribution in [2.75, 3.05) is 10.6 Å². The van der Waals surface area contributed by atoms with E-state index < -0.39 is 0 Å². The average Bonchev–Trinajstić information content (AvgIpc) is 3.26. The van der Waals surface area contributed by atoms with Gasteiger partial charge in [0.15, 0.2) is 11.6 Å². The number of nitrogens with zero attached hydrogens (tertiary/aromatic N) is 4. The van der Waals surface area contributed by atoms with E-state index in [1.54, 1.807) is 11.3 Å². The Kier molecular flexibility index (Phi) is 4.71. The second kappa shape index (κ2) is 7.30. The molecule has 1 fully saturated rings. The van der Waals surface area contributed by atoms with Crippen LogP contribution in [0.1, 0.15) is 37.8 Å². The predicted octanol–water partition coefficient (Wildman–Crippen LogP) is 4.35. The number of thiophene rings is 1. The summed E-state index contributed by atoms with van der Waals surface area (Å²) in [6, 6.07) is 6.61. The Morgan fingerprint density at radius 2 is 2.15 bits per heavy atom. The summed E-state index contributed by atoms with van der Waals surface area (Å²) in [5, 5.41) is 24.8. The van der Waals surface area contributed by atoms with Crippen LogP contribution < -0.4 is 10.6 Å². The number of rotatable bonds is 5. The van der Waals surface area contributed by atoms with E-state index in [-0.39, 0.29) is 0 Å². The quantitative estimate of drug-likeness (QED) is 0.619. The molecule has 4 rings (SSSR count). The van der Waals surface area contributed by atoms with Gasteiger partial charge in [-0.15, -0.1) is 11.3 Å². The maximum Gasteiger partial charge on any atom is 0.225 e. The number of fused-ring (bicyclic) bond motifs is 1. The fourth-order valence-electron chi connectivity index (χ4n) is 3.44. The third-order valence-corrected chi connectivity index (χ3v) is 5.73. The van der Waals surface area contributed by atoms with Gasteiger partial charge in [0.1, 0.15) is 0 Å². The average molecular weight is 367 g/mol. The molecule has 3 N–H and O–H groups in total. The fraction of sp³-hybridized carbons (Fsp3) is 0.444. The summed E-state index contributed by atoms with van der Waals surface area (Å²) >= 11 is 1.62. The van der Waals surface area contributed by atoms with E-state index in [2.05, 4.69) is 31.9 Å². The molecule has 0 aromatic carbocycles. The zero-order valence-corrected chi connectivity index (χ0v) is 15.4. The number of nitrogens with one attached hydrogen (secondary N) is 3. The van der Waals surface area contributed by atoms with Gasteiger partial charge in [-0.2, -0.15) is 15.3 Å². The third kappa shape index (κ3) is 3.63. The van der Waals surface area contributed by atoms with Crippen LogP contribution in [-0.4, -0.2) is 26.2 Å². The minimum Gasteiger partial charge on any atom is -0.351 e. The van der Waals surface area contributed by atoms with Crippen molar-refractivity contribution in [3.8, 4) is 6.07 Å². The monoisotopic (exact) mass is 367 g/mol. The maximum absolute atomic E-state index is 8.85. The van der Waals surface area contributed by atoms with Crippen LogP contribution in [0.15, 0.2) is 17.5 Å². The lowest BCUT2D eigenvalue weighted by Gasteiger charge is -2.27. The molecule has 3 aromatic rings. The Bertz CT molecular complexity index is 931. The molecule has 1 aliphatic rings. The van der Waals surface area contributed by atoms with Crippen molar-refractivity contribution in [2.24, 2.45) is 5.92 Å². The van der Waals surface area contributed by atoms with Crippen molar-refractivity contribution < 1.29 is 0 Å². The zero-order chi connectivity index (χ0) is 17.9. The molecule has 0 saturated heterocycles. The largest absolute Gasteiger partial charge is 0.351 e. The van der Waals surface area contributed by atoms with Crippen molar-refractivity contribution in [3.63, 3.8) is 0 Å². The van der Waals surface area contributed by atoms with Gasteiger partial charge in [0.2, 0.25) is 5.95 Å². The van der Waals surface area contributed by atoms with Crippen LogP contribution in [0.3, 0.4) is 0 Å². The number of hydrogen-bond donors (Lipinski definition) is 3. The van der Waals surface area contributed by atoms with Crippen molar-refractivity contribution in [3.05, 3.63) is 23.2 Å². The van der Waals surface area contributed by atoms with Crippen LogP contribution in [0.5, 0.6) is 0 Å². The molecule has 0 aliphatic heterocycles. The van der Waals surface area contributed by atoms with Gasteiger partial charge in [-0.1, -0.05) is 0 Å². The molecule has 3 aromatic heterocycles. The van der Waals surface area contributed by atoms with Gasteiger partial charge < -0.3 is 10.6 Å². The fourth-order valence-corrected chi connectivity index (χ4v) is 4.21. The SMILES string of the molecule is Cc1cc(Nc2nc(NC3CCC(CC#N)CC3)nc3ccsc23)n[nH]1. The second-order valence-electron chi connectivity index (χ2n) is 6.82. The van der Waals surface area contributed by atoms with Crippen molar-refractivity contribution in [1.29, 1.82) is 5.26 Å². The maximum atomic E-state index is 8.85. The molecule has 0 atom stereocenters. The lowest BCUT2D eigenvalue weighted by Crippen LogP contribution is -2.27. The molecule has 0 amide bonds. The molecule has 134 valence electrons. The lowest BCUT2D eigenvalue weighted by molar-refractivity contribution is 0.342. The molecule has 3 heterocycles. The number of aromatic nitrogens is 4. The molecular formula is C18H21N7S. The van der Waals surface area contributed by atoms with E-state index in [0.29, 0.717) is 24.3 Å². The minimum absolute atomic E-state index is 0.363. The topological polar surface area (TPSA) is 102 Å². The Morgan fingerprint density at radius 1 is 1.31 bits per heavy atom. The Hall–Kier alpha value is -2.66. The van der Waals surface area contributed by atoms with Crippen molar-refractivity contribution in [1.82, 2.24) is 20.2 Å². The van der Waals surface area contributed by atoms with E-state index in [1.807, 2.05) is 24.4 Å². The highest BCUT2D eigenvalue weighted by Crippen LogP contribution is 2.31. The number of H-pyrrole nitrogens is 1. The minimum atomic E-state index is 0.363. The van der Waals surface area contributed by atoms with Crippen LogP contribution in [0.2, 0.25) is 0 Å². The van der Waals surface area contributed by atoms with E-state index >= 15 is 0 Å². The molecule has 26 heavy (non-hydrogen) atoms. The summed E-state index contributed by atoms with van der Waals surface area (Å²) in [5.41, 5.74) is 1.93. The Balaban J connectivity index is 1.52. The Morgan fingerprint density at radius 3 is 2.88 bits per heavy atom. The van der Waals surface area contributed by atoms with Gasteiger partial charge in [-0.25, -0.2) is 4.98 Å². The summed E-state index contributed by atoms with van der Waals surface area (Å²) in [4.78, 5) is 9.36. The third-order valence-electron chi connectivity index (χ3n) is 4.82. The van der Waals surface area contributed by atoms with Gasteiger partial charge in [-0.05, 0) is 50.0 Å². The molecule has 0 spiro atoms. The highest BCUT2D eigenvalue weighted by molar-refractivity contribution is 7.17. The van der Waals surface area contributed by atoms with Gasteiger partial charge in [0, 0.05) is 24.2 Å². The summed E-state index contributed by atoms with van der Waals surface area (Å²) in [5.74, 6) is 2.71. The van der Waals surface area contributed by atoms with Gasteiger partial charge >= 0.3 is 0 Å². The zero-order valence-electron chi connectivity index (χ0n) is 14.6. The normalized spacial score (nSPS) is 20.0. The first-order chi connectivity index (χ1) is 12.7. The molecule has 0 bridgehead atoms. The van der Waals surface area contributed by atoms with E-state index in [0.717, 1.165) is 53.2 Å². The van der Waals surface area contributed by atoms with Crippen LogP contribution in [0.25, 0.3) is 10.2 Å². The van der Waals surface area contributed by atoms with Crippen LogP contribution >= 0.6 is 11.3 Å². The first kappa shape index (κ1) is 16.8. The number of aryl methyl sites for hydroxylation is 1. The summed E-state index contributed by atoms with van der Waals surface area (Å²) in [7, 11) is 0. The van der Waals surface area contributed by atoms with Crippen molar-refractivity contribution >= 4 is 39.1 Å². The van der Waals surface area contributed by atoms with Gasteiger partial charge in [-0.3, -0.25) is 5.10 Å². The summed E-state index contributed by atoms with van der Waals surface area (Å²) < 4.78 is 1.02. The lowest BCUT2D eigenvalue weighted by atomic mass is 9.84. The molecule has 0 radical (unpaired) electrons. The van der Waals surface area contributed by atoms with Gasteiger partial charge in [0.05, 0.1) is 16.3 Å². The molecular weight excluding hydrogens is 346 g/mol. The smallest absolute Gasteiger partial charge is 0.225 e. The summed E-state index contributed by atoms with van der Waals surface area (Å²) in [6.07, 6.45) is 4.95. The van der Waals surface area contributed by atoms with Crippen LogP contribution in [-0.2, 0) is 0 Å².